The van der Waals surface area contributed by atoms with Crippen molar-refractivity contribution in [1.29, 1.82) is 0 Å². The molecule has 0 saturated heterocycles. The molecule has 2 N–H and O–H groups in total. The zero-order valence-electron chi connectivity index (χ0n) is 16.8. The van der Waals surface area contributed by atoms with Gasteiger partial charge in [-0.3, -0.25) is 14.6 Å². The molecule has 152 valence electrons. The van der Waals surface area contributed by atoms with Crippen molar-refractivity contribution < 1.29 is 14.0 Å². The molecule has 0 saturated carbocycles. The van der Waals surface area contributed by atoms with Gasteiger partial charge in [-0.2, -0.15) is 0 Å². The molecule has 1 atom stereocenters. The summed E-state index contributed by atoms with van der Waals surface area (Å²) in [6.45, 7) is 3.97. The van der Waals surface area contributed by atoms with Crippen LogP contribution < -0.4 is 10.6 Å². The van der Waals surface area contributed by atoms with Crippen molar-refractivity contribution in [2.45, 2.75) is 32.6 Å². The number of fused-ring (bicyclic) bond motifs is 1. The zero-order chi connectivity index (χ0) is 21.3. The van der Waals surface area contributed by atoms with Gasteiger partial charge in [0.05, 0.1) is 5.52 Å². The lowest BCUT2D eigenvalue weighted by molar-refractivity contribution is -0.121. The van der Waals surface area contributed by atoms with Crippen LogP contribution in [0.4, 0.5) is 10.1 Å². The maximum atomic E-state index is 13.7. The first kappa shape index (κ1) is 19.8. The van der Waals surface area contributed by atoms with Crippen molar-refractivity contribution in [2.75, 3.05) is 5.32 Å². The van der Waals surface area contributed by atoms with E-state index in [2.05, 4.69) is 15.6 Å². The molecule has 0 fully saturated rings. The van der Waals surface area contributed by atoms with Gasteiger partial charge in [-0.25, -0.2) is 4.39 Å². The predicted octanol–water partition coefficient (Wildman–Crippen LogP) is 4.37. The first-order valence-corrected chi connectivity index (χ1v) is 9.91. The third kappa shape index (κ3) is 3.81. The number of nitrogens with one attached hydrogen (secondary N) is 2. The molecule has 2 amide bonds. The van der Waals surface area contributed by atoms with Crippen molar-refractivity contribution in [2.24, 2.45) is 0 Å². The summed E-state index contributed by atoms with van der Waals surface area (Å²) in [5, 5.41) is 6.59. The Hall–Kier alpha value is -3.54. The second-order valence-corrected chi connectivity index (χ2v) is 7.40. The van der Waals surface area contributed by atoms with E-state index < -0.39 is 11.7 Å². The fraction of sp³-hybridized carbons (Fsp3) is 0.208. The third-order valence-electron chi connectivity index (χ3n) is 5.39. The van der Waals surface area contributed by atoms with Gasteiger partial charge in [0, 0.05) is 40.9 Å². The molecule has 3 aromatic rings. The molecule has 0 spiro atoms. The van der Waals surface area contributed by atoms with Crippen LogP contribution in [0.15, 0.2) is 60.3 Å². The summed E-state index contributed by atoms with van der Waals surface area (Å²) in [6, 6.07) is 13.7. The van der Waals surface area contributed by atoms with E-state index in [1.54, 1.807) is 12.1 Å². The monoisotopic (exact) mass is 403 g/mol. The summed E-state index contributed by atoms with van der Waals surface area (Å²) in [5.74, 6) is -1.44. The summed E-state index contributed by atoms with van der Waals surface area (Å²) in [7, 11) is 0. The van der Waals surface area contributed by atoms with Crippen molar-refractivity contribution >= 4 is 28.4 Å². The van der Waals surface area contributed by atoms with E-state index in [0.29, 0.717) is 16.8 Å². The smallest absolute Gasteiger partial charge is 0.253 e. The molecule has 1 aromatic heterocycles. The van der Waals surface area contributed by atoms with E-state index in [4.69, 9.17) is 0 Å². The summed E-state index contributed by atoms with van der Waals surface area (Å²) < 4.78 is 13.7. The highest BCUT2D eigenvalue weighted by molar-refractivity contribution is 6.07. The zero-order valence-corrected chi connectivity index (χ0v) is 16.8. The van der Waals surface area contributed by atoms with E-state index in [1.807, 2.05) is 38.1 Å². The van der Waals surface area contributed by atoms with Gasteiger partial charge in [-0.15, -0.1) is 0 Å². The van der Waals surface area contributed by atoms with Crippen LogP contribution in [0.25, 0.3) is 10.9 Å². The molecular weight excluding hydrogens is 381 g/mol. The lowest BCUT2D eigenvalue weighted by atomic mass is 9.86. The predicted molar refractivity (Wildman–Crippen MR) is 114 cm³/mol. The van der Waals surface area contributed by atoms with Gasteiger partial charge in [-0.05, 0) is 54.8 Å². The molecule has 4 rings (SSSR count). The molecular formula is C24H22FN3O2. The Kier molecular flexibility index (Phi) is 5.31. The fourth-order valence-corrected chi connectivity index (χ4v) is 3.92. The number of hydrogen-bond donors (Lipinski definition) is 2. The van der Waals surface area contributed by atoms with E-state index in [1.165, 1.54) is 18.3 Å². The molecule has 6 heteroatoms. The molecule has 0 radical (unpaired) electrons. The SMILES string of the molecule is CCc1c(NC(=O)C2=CNC(=O)CC2c2cccc(F)c2)ccc2nc(C)ccc12. The number of halogens is 1. The number of aryl methyl sites for hydroxylation is 2. The normalized spacial score (nSPS) is 16.2. The number of carbonyl (C=O) groups excluding carboxylic acids is 2. The van der Waals surface area contributed by atoms with E-state index >= 15 is 0 Å². The number of carbonyl (C=O) groups is 2. The topological polar surface area (TPSA) is 71.1 Å². The number of pyridine rings is 1. The number of nitrogens with zero attached hydrogens (tertiary/aromatic N) is 1. The van der Waals surface area contributed by atoms with Crippen molar-refractivity contribution in [1.82, 2.24) is 10.3 Å². The molecule has 0 bridgehead atoms. The van der Waals surface area contributed by atoms with Crippen LogP contribution in [0.2, 0.25) is 0 Å². The Morgan fingerprint density at radius 3 is 2.83 bits per heavy atom. The largest absolute Gasteiger partial charge is 0.332 e. The van der Waals surface area contributed by atoms with Gasteiger partial charge in [0.25, 0.3) is 5.91 Å². The molecule has 1 aliphatic heterocycles. The van der Waals surface area contributed by atoms with E-state index in [-0.39, 0.29) is 18.2 Å². The molecule has 1 aliphatic rings. The molecule has 2 aromatic carbocycles. The number of rotatable bonds is 4. The van der Waals surface area contributed by atoms with Gasteiger partial charge in [-0.1, -0.05) is 25.1 Å². The summed E-state index contributed by atoms with van der Waals surface area (Å²) in [6.07, 6.45) is 2.24. The van der Waals surface area contributed by atoms with Crippen LogP contribution in [0.1, 0.15) is 36.1 Å². The first-order valence-electron chi connectivity index (χ1n) is 9.91. The van der Waals surface area contributed by atoms with Gasteiger partial charge >= 0.3 is 0 Å². The van der Waals surface area contributed by atoms with Crippen LogP contribution in [0.5, 0.6) is 0 Å². The minimum absolute atomic E-state index is 0.0876. The Labute approximate surface area is 174 Å². The van der Waals surface area contributed by atoms with Crippen LogP contribution in [0, 0.1) is 12.7 Å². The minimum atomic E-state index is -0.510. The molecule has 30 heavy (non-hydrogen) atoms. The maximum Gasteiger partial charge on any atom is 0.253 e. The highest BCUT2D eigenvalue weighted by Crippen LogP contribution is 2.32. The Balaban J connectivity index is 1.68. The first-order chi connectivity index (χ1) is 14.5. The second kappa shape index (κ2) is 8.06. The molecule has 5 nitrogen and oxygen atoms in total. The lowest BCUT2D eigenvalue weighted by Gasteiger charge is -2.24. The fourth-order valence-electron chi connectivity index (χ4n) is 3.92. The van der Waals surface area contributed by atoms with Crippen molar-refractivity contribution in [3.63, 3.8) is 0 Å². The Morgan fingerprint density at radius 1 is 1.23 bits per heavy atom. The Morgan fingerprint density at radius 2 is 2.07 bits per heavy atom. The highest BCUT2D eigenvalue weighted by Gasteiger charge is 2.29. The maximum absolute atomic E-state index is 13.7. The van der Waals surface area contributed by atoms with Gasteiger partial charge in [0.2, 0.25) is 5.91 Å². The summed E-state index contributed by atoms with van der Waals surface area (Å²) >= 11 is 0. The quantitative estimate of drug-likeness (QED) is 0.680. The van der Waals surface area contributed by atoms with E-state index in [0.717, 1.165) is 28.6 Å². The average molecular weight is 403 g/mol. The number of amides is 2. The summed E-state index contributed by atoms with van der Waals surface area (Å²) in [5.41, 5.74) is 4.51. The van der Waals surface area contributed by atoms with Gasteiger partial charge < -0.3 is 10.6 Å². The van der Waals surface area contributed by atoms with Crippen molar-refractivity contribution in [3.8, 4) is 0 Å². The number of aromatic nitrogens is 1. The van der Waals surface area contributed by atoms with E-state index in [9.17, 15) is 14.0 Å². The van der Waals surface area contributed by atoms with Crippen LogP contribution in [0.3, 0.4) is 0 Å². The Bertz CT molecular complexity index is 1190. The van der Waals surface area contributed by atoms with Crippen molar-refractivity contribution in [3.05, 3.63) is 82.9 Å². The van der Waals surface area contributed by atoms with Crippen LogP contribution >= 0.6 is 0 Å². The number of anilines is 1. The number of benzene rings is 2. The standard InChI is InChI=1S/C24H22FN3O2/c1-3-17-18-8-7-14(2)27-22(18)10-9-21(17)28-24(30)20-13-26-23(29)12-19(20)15-5-4-6-16(25)11-15/h4-11,13,19H,3,12H2,1-2H3,(H,26,29)(H,28,30). The summed E-state index contributed by atoms with van der Waals surface area (Å²) in [4.78, 5) is 29.7. The molecule has 2 heterocycles. The minimum Gasteiger partial charge on any atom is -0.332 e. The molecule has 1 unspecified atom stereocenters. The van der Waals surface area contributed by atoms with Crippen LogP contribution in [-0.4, -0.2) is 16.8 Å². The second-order valence-electron chi connectivity index (χ2n) is 7.40. The average Bonchev–Trinajstić information content (AvgIpc) is 2.73. The lowest BCUT2D eigenvalue weighted by Crippen LogP contribution is -2.32. The van der Waals surface area contributed by atoms with Gasteiger partial charge in [0.1, 0.15) is 5.82 Å². The highest BCUT2D eigenvalue weighted by atomic mass is 19.1. The number of hydrogen-bond acceptors (Lipinski definition) is 3. The third-order valence-corrected chi connectivity index (χ3v) is 5.39. The van der Waals surface area contributed by atoms with Gasteiger partial charge in [0.15, 0.2) is 0 Å². The molecule has 0 aliphatic carbocycles. The van der Waals surface area contributed by atoms with Crippen LogP contribution in [-0.2, 0) is 16.0 Å².